The highest BCUT2D eigenvalue weighted by Gasteiger charge is 2.31. The van der Waals surface area contributed by atoms with E-state index in [1.165, 1.54) is 9.35 Å². The van der Waals surface area contributed by atoms with Gasteiger partial charge >= 0.3 is 0 Å². The second-order valence-electron chi connectivity index (χ2n) is 5.96. The molecule has 1 fully saturated rings. The summed E-state index contributed by atoms with van der Waals surface area (Å²) in [4.78, 5) is 6.86. The highest BCUT2D eigenvalue weighted by atomic mass is 127. The van der Waals surface area contributed by atoms with Crippen molar-refractivity contribution in [3.05, 3.63) is 20.8 Å². The van der Waals surface area contributed by atoms with Crippen molar-refractivity contribution in [2.75, 3.05) is 20.1 Å². The van der Waals surface area contributed by atoms with Gasteiger partial charge in [0.25, 0.3) is 0 Å². The first-order valence-electron chi connectivity index (χ1n) is 7.43. The van der Waals surface area contributed by atoms with Gasteiger partial charge in [-0.15, -0.1) is 35.3 Å². The molecule has 0 aliphatic carbocycles. The number of halogens is 2. The number of likely N-dealkylation sites (tertiary alicyclic amines) is 1. The number of hydrogen-bond acceptors (Lipinski definition) is 3. The Labute approximate surface area is 163 Å². The summed E-state index contributed by atoms with van der Waals surface area (Å²) < 4.78 is 1.17. The van der Waals surface area contributed by atoms with Crippen molar-refractivity contribution in [2.45, 2.75) is 39.4 Å². The van der Waals surface area contributed by atoms with Crippen LogP contribution in [-0.2, 0) is 6.54 Å². The van der Waals surface area contributed by atoms with E-state index in [1.54, 1.807) is 11.3 Å². The minimum Gasteiger partial charge on any atom is -0.352 e. The van der Waals surface area contributed by atoms with Crippen LogP contribution in [0.15, 0.2) is 20.2 Å². The number of guanidine groups is 1. The molecular formula is C15H26BrIN4S. The van der Waals surface area contributed by atoms with Gasteiger partial charge in [-0.25, -0.2) is 0 Å². The molecule has 0 amide bonds. The number of thiophene rings is 1. The van der Waals surface area contributed by atoms with Crippen LogP contribution in [0.1, 0.15) is 26.3 Å². The van der Waals surface area contributed by atoms with Gasteiger partial charge in [0.15, 0.2) is 5.96 Å². The summed E-state index contributed by atoms with van der Waals surface area (Å²) in [6.07, 6.45) is 0. The lowest BCUT2D eigenvalue weighted by Gasteiger charge is -2.21. The Bertz CT molecular complexity index is 492. The highest BCUT2D eigenvalue weighted by molar-refractivity contribution is 14.0. The van der Waals surface area contributed by atoms with Crippen LogP contribution in [0.3, 0.4) is 0 Å². The molecule has 1 saturated heterocycles. The zero-order valence-electron chi connectivity index (χ0n) is 13.6. The van der Waals surface area contributed by atoms with Gasteiger partial charge in [0.2, 0.25) is 0 Å². The number of rotatable bonds is 4. The van der Waals surface area contributed by atoms with Crippen molar-refractivity contribution in [3.8, 4) is 0 Å². The van der Waals surface area contributed by atoms with Gasteiger partial charge < -0.3 is 10.6 Å². The zero-order valence-corrected chi connectivity index (χ0v) is 18.3. The summed E-state index contributed by atoms with van der Waals surface area (Å²) in [7, 11) is 1.83. The molecule has 2 unspecified atom stereocenters. The topological polar surface area (TPSA) is 39.7 Å². The molecule has 0 saturated carbocycles. The van der Waals surface area contributed by atoms with E-state index in [0.717, 1.165) is 25.6 Å². The number of nitrogens with zero attached hydrogens (tertiary/aromatic N) is 2. The van der Waals surface area contributed by atoms with Gasteiger partial charge in [-0.05, 0) is 52.7 Å². The lowest BCUT2D eigenvalue weighted by Crippen LogP contribution is -2.46. The minimum atomic E-state index is 0. The zero-order chi connectivity index (χ0) is 15.4. The first-order valence-corrected chi connectivity index (χ1v) is 9.11. The van der Waals surface area contributed by atoms with Gasteiger partial charge in [0, 0.05) is 38.8 Å². The van der Waals surface area contributed by atoms with Crippen LogP contribution >= 0.6 is 51.2 Å². The third kappa shape index (κ3) is 5.65. The summed E-state index contributed by atoms with van der Waals surface area (Å²) in [5.41, 5.74) is 1.28. The predicted molar refractivity (Wildman–Crippen MR) is 110 cm³/mol. The van der Waals surface area contributed by atoms with Crippen LogP contribution in [-0.4, -0.2) is 43.1 Å². The van der Waals surface area contributed by atoms with Crippen LogP contribution in [0, 0.1) is 5.92 Å². The Balaban J connectivity index is 0.00000242. The molecule has 2 rings (SSSR count). The quantitative estimate of drug-likeness (QED) is 0.377. The van der Waals surface area contributed by atoms with Crippen molar-refractivity contribution in [2.24, 2.45) is 10.9 Å². The summed E-state index contributed by atoms with van der Waals surface area (Å²) in [5.74, 6) is 1.53. The van der Waals surface area contributed by atoms with E-state index in [4.69, 9.17) is 0 Å². The molecule has 0 bridgehead atoms. The van der Waals surface area contributed by atoms with E-state index in [-0.39, 0.29) is 24.0 Å². The van der Waals surface area contributed by atoms with Gasteiger partial charge in [-0.1, -0.05) is 6.92 Å². The molecule has 22 heavy (non-hydrogen) atoms. The molecule has 0 aromatic carbocycles. The van der Waals surface area contributed by atoms with Gasteiger partial charge in [0.1, 0.15) is 0 Å². The van der Waals surface area contributed by atoms with E-state index in [2.05, 4.69) is 68.7 Å². The second-order valence-corrected chi connectivity index (χ2v) is 8.25. The molecule has 4 nitrogen and oxygen atoms in total. The van der Waals surface area contributed by atoms with Crippen LogP contribution in [0.25, 0.3) is 0 Å². The molecule has 2 heterocycles. The monoisotopic (exact) mass is 500 g/mol. The number of nitrogens with one attached hydrogen (secondary N) is 2. The Morgan fingerprint density at radius 2 is 2.23 bits per heavy atom. The van der Waals surface area contributed by atoms with Crippen molar-refractivity contribution in [1.29, 1.82) is 0 Å². The largest absolute Gasteiger partial charge is 0.352 e. The number of aliphatic imine (C=N–C) groups is 1. The lowest BCUT2D eigenvalue weighted by molar-refractivity contribution is 0.265. The minimum absolute atomic E-state index is 0. The molecule has 126 valence electrons. The average Bonchev–Trinajstić information content (AvgIpc) is 3.01. The SMILES string of the molecule is CN=C(NCc1csc(Br)c1)NC1CN(C(C)C)CC1C.I. The molecule has 1 aliphatic heterocycles. The maximum atomic E-state index is 4.35. The normalized spacial score (nSPS) is 22.7. The van der Waals surface area contributed by atoms with E-state index >= 15 is 0 Å². The van der Waals surface area contributed by atoms with Gasteiger partial charge in [-0.3, -0.25) is 9.89 Å². The summed E-state index contributed by atoms with van der Waals surface area (Å²) in [5, 5.41) is 9.12. The van der Waals surface area contributed by atoms with Crippen LogP contribution in [0.4, 0.5) is 0 Å². The van der Waals surface area contributed by atoms with Crippen molar-refractivity contribution in [3.63, 3.8) is 0 Å². The summed E-state index contributed by atoms with van der Waals surface area (Å²) in [6, 6.07) is 3.22. The Morgan fingerprint density at radius 1 is 1.50 bits per heavy atom. The molecule has 2 N–H and O–H groups in total. The number of hydrogen-bond donors (Lipinski definition) is 2. The standard InChI is InChI=1S/C15H25BrN4S.HI/c1-10(2)20-7-11(3)13(8-20)19-15(17-4)18-6-12-5-14(16)21-9-12;/h5,9-11,13H,6-8H2,1-4H3,(H2,17,18,19);1H. The fraction of sp³-hybridized carbons (Fsp3) is 0.667. The lowest BCUT2D eigenvalue weighted by atomic mass is 10.1. The molecule has 0 radical (unpaired) electrons. The van der Waals surface area contributed by atoms with Gasteiger partial charge in [-0.2, -0.15) is 0 Å². The maximum absolute atomic E-state index is 4.35. The Kier molecular flexibility index (Phi) is 8.66. The van der Waals surface area contributed by atoms with E-state index in [9.17, 15) is 0 Å². The molecule has 0 spiro atoms. The van der Waals surface area contributed by atoms with Crippen molar-refractivity contribution < 1.29 is 0 Å². The van der Waals surface area contributed by atoms with E-state index in [0.29, 0.717) is 18.0 Å². The van der Waals surface area contributed by atoms with Crippen molar-refractivity contribution in [1.82, 2.24) is 15.5 Å². The molecule has 7 heteroatoms. The fourth-order valence-electron chi connectivity index (χ4n) is 2.61. The average molecular weight is 501 g/mol. The Morgan fingerprint density at radius 3 is 2.73 bits per heavy atom. The summed E-state index contributed by atoms with van der Waals surface area (Å²) in [6.45, 7) is 9.88. The molecular weight excluding hydrogens is 475 g/mol. The fourth-order valence-corrected chi connectivity index (χ4v) is 3.82. The molecule has 1 aromatic heterocycles. The molecule has 2 atom stereocenters. The maximum Gasteiger partial charge on any atom is 0.191 e. The highest BCUT2D eigenvalue weighted by Crippen LogP contribution is 2.21. The molecule has 1 aromatic rings. The van der Waals surface area contributed by atoms with Gasteiger partial charge in [0.05, 0.1) is 3.79 Å². The first kappa shape index (κ1) is 20.2. The predicted octanol–water partition coefficient (Wildman–Crippen LogP) is 3.52. The Hall–Kier alpha value is 0.140. The third-order valence-corrected chi connectivity index (χ3v) is 5.55. The first-order chi connectivity index (χ1) is 9.99. The third-order valence-electron chi connectivity index (χ3n) is 4.00. The summed E-state index contributed by atoms with van der Waals surface area (Å²) >= 11 is 5.20. The van der Waals surface area contributed by atoms with E-state index < -0.39 is 0 Å². The van der Waals surface area contributed by atoms with Crippen molar-refractivity contribution >= 4 is 57.2 Å². The van der Waals surface area contributed by atoms with Crippen LogP contribution in [0.5, 0.6) is 0 Å². The smallest absolute Gasteiger partial charge is 0.191 e. The van der Waals surface area contributed by atoms with E-state index in [1.807, 2.05) is 7.05 Å². The second kappa shape index (κ2) is 9.44. The van der Waals surface area contributed by atoms with Crippen LogP contribution in [0.2, 0.25) is 0 Å². The van der Waals surface area contributed by atoms with Crippen LogP contribution < -0.4 is 10.6 Å². The molecule has 1 aliphatic rings.